The quantitative estimate of drug-likeness (QED) is 0.544. The minimum absolute atomic E-state index is 0.00724. The molecule has 3 heterocycles. The molecule has 0 radical (unpaired) electrons. The molecule has 0 spiro atoms. The molecule has 0 aromatic carbocycles. The molecule has 1 unspecified atom stereocenters. The lowest BCUT2D eigenvalue weighted by Crippen LogP contribution is -2.11. The van der Waals surface area contributed by atoms with Crippen molar-refractivity contribution in [3.05, 3.63) is 46.9 Å². The summed E-state index contributed by atoms with van der Waals surface area (Å²) in [6.45, 7) is 13.1. The summed E-state index contributed by atoms with van der Waals surface area (Å²) < 4.78 is 2.41. The normalized spacial score (nSPS) is 12.9. The maximum atomic E-state index is 6.21. The third-order valence-electron chi connectivity index (χ3n) is 5.98. The third kappa shape index (κ3) is 3.58. The summed E-state index contributed by atoms with van der Waals surface area (Å²) in [5.74, 6) is 0. The Morgan fingerprint density at radius 3 is 2.32 bits per heavy atom. The zero-order valence-corrected chi connectivity index (χ0v) is 18.2. The van der Waals surface area contributed by atoms with E-state index in [1.54, 1.807) is 0 Å². The van der Waals surface area contributed by atoms with Gasteiger partial charge in [-0.15, -0.1) is 0 Å². The average Bonchev–Trinajstić information content (AvgIpc) is 3.02. The van der Waals surface area contributed by atoms with E-state index in [1.807, 2.05) is 6.20 Å². The van der Waals surface area contributed by atoms with Crippen LogP contribution in [0.5, 0.6) is 0 Å². The maximum absolute atomic E-state index is 6.21. The van der Waals surface area contributed by atoms with Gasteiger partial charge in [-0.3, -0.25) is 4.98 Å². The molecule has 4 heteroatoms. The van der Waals surface area contributed by atoms with Gasteiger partial charge in [0.1, 0.15) is 0 Å². The Balaban J connectivity index is 2.17. The second-order valence-electron chi connectivity index (χ2n) is 7.85. The number of pyridine rings is 2. The highest BCUT2D eigenvalue weighted by Crippen LogP contribution is 2.33. The van der Waals surface area contributed by atoms with E-state index in [-0.39, 0.29) is 6.04 Å². The summed E-state index contributed by atoms with van der Waals surface area (Å²) in [7, 11) is 0. The smallest absolute Gasteiger partial charge is 0.0917 e. The van der Waals surface area contributed by atoms with E-state index < -0.39 is 0 Å². The van der Waals surface area contributed by atoms with Gasteiger partial charge in [-0.05, 0) is 68.4 Å². The van der Waals surface area contributed by atoms with Crippen LogP contribution in [0.4, 0.5) is 0 Å². The van der Waals surface area contributed by atoms with Gasteiger partial charge in [0.05, 0.1) is 22.4 Å². The molecule has 150 valence electrons. The Hall–Kier alpha value is -2.20. The first-order valence-corrected chi connectivity index (χ1v) is 10.7. The standard InChI is InChI=1S/C24H34N4/c1-7-17-12-21(20(25)10-4)26-13-19(17)23-15(5)11-22-24(27-23)16(6)14-28(22)18(8-2)9-3/h11-14,18,20H,7-10,25H2,1-6H3. The number of fused-ring (bicyclic) bond motifs is 1. The molecular weight excluding hydrogens is 344 g/mol. The molecule has 0 saturated heterocycles. The minimum Gasteiger partial charge on any atom is -0.343 e. The van der Waals surface area contributed by atoms with Crippen LogP contribution in [0.2, 0.25) is 0 Å². The molecule has 4 nitrogen and oxygen atoms in total. The molecule has 3 rings (SSSR count). The largest absolute Gasteiger partial charge is 0.343 e. The van der Waals surface area contributed by atoms with Gasteiger partial charge < -0.3 is 10.3 Å². The summed E-state index contributed by atoms with van der Waals surface area (Å²) >= 11 is 0. The first-order valence-electron chi connectivity index (χ1n) is 10.7. The topological polar surface area (TPSA) is 56.7 Å². The molecule has 28 heavy (non-hydrogen) atoms. The van der Waals surface area contributed by atoms with E-state index in [1.165, 1.54) is 22.2 Å². The predicted molar refractivity (Wildman–Crippen MR) is 119 cm³/mol. The lowest BCUT2D eigenvalue weighted by molar-refractivity contribution is 0.485. The lowest BCUT2D eigenvalue weighted by atomic mass is 9.98. The van der Waals surface area contributed by atoms with Crippen LogP contribution in [0.1, 0.15) is 81.4 Å². The van der Waals surface area contributed by atoms with Crippen LogP contribution in [-0.2, 0) is 6.42 Å². The fraction of sp³-hybridized carbons (Fsp3) is 0.500. The van der Waals surface area contributed by atoms with Gasteiger partial charge in [0.15, 0.2) is 0 Å². The summed E-state index contributed by atoms with van der Waals surface area (Å²) in [4.78, 5) is 9.80. The van der Waals surface area contributed by atoms with Gasteiger partial charge in [-0.2, -0.15) is 0 Å². The molecule has 0 amide bonds. The highest BCUT2D eigenvalue weighted by molar-refractivity contribution is 5.84. The second-order valence-corrected chi connectivity index (χ2v) is 7.85. The van der Waals surface area contributed by atoms with Crippen LogP contribution in [0.3, 0.4) is 0 Å². The van der Waals surface area contributed by atoms with Crippen molar-refractivity contribution in [1.29, 1.82) is 0 Å². The monoisotopic (exact) mass is 378 g/mol. The molecule has 3 aromatic heterocycles. The highest BCUT2D eigenvalue weighted by Gasteiger charge is 2.18. The Morgan fingerprint density at radius 2 is 1.71 bits per heavy atom. The van der Waals surface area contributed by atoms with Crippen LogP contribution in [0.15, 0.2) is 24.5 Å². The fourth-order valence-corrected chi connectivity index (χ4v) is 4.12. The number of rotatable bonds is 7. The highest BCUT2D eigenvalue weighted by atomic mass is 15.0. The van der Waals surface area contributed by atoms with Crippen molar-refractivity contribution in [3.63, 3.8) is 0 Å². The SMILES string of the molecule is CCc1cc(C(N)CC)ncc1-c1nc2c(C)cn(C(CC)CC)c2cc1C. The molecule has 0 saturated carbocycles. The second kappa shape index (κ2) is 8.44. The Bertz CT molecular complexity index is 966. The Kier molecular flexibility index (Phi) is 6.19. The van der Waals surface area contributed by atoms with Gasteiger partial charge in [-0.25, -0.2) is 4.98 Å². The molecule has 0 bridgehead atoms. The third-order valence-corrected chi connectivity index (χ3v) is 5.98. The van der Waals surface area contributed by atoms with Crippen molar-refractivity contribution in [2.45, 2.75) is 79.3 Å². The zero-order valence-electron chi connectivity index (χ0n) is 18.2. The van der Waals surface area contributed by atoms with Gasteiger partial charge in [0.2, 0.25) is 0 Å². The molecule has 1 atom stereocenters. The van der Waals surface area contributed by atoms with Crippen LogP contribution < -0.4 is 5.73 Å². The molecular formula is C24H34N4. The van der Waals surface area contributed by atoms with Gasteiger partial charge >= 0.3 is 0 Å². The van der Waals surface area contributed by atoms with E-state index in [0.29, 0.717) is 6.04 Å². The molecule has 0 aliphatic heterocycles. The first-order chi connectivity index (χ1) is 13.4. The van der Waals surface area contributed by atoms with Gasteiger partial charge in [-0.1, -0.05) is 27.7 Å². The Labute approximate surface area is 169 Å². The van der Waals surface area contributed by atoms with Crippen molar-refractivity contribution < 1.29 is 0 Å². The van der Waals surface area contributed by atoms with Crippen molar-refractivity contribution in [1.82, 2.24) is 14.5 Å². The summed E-state index contributed by atoms with van der Waals surface area (Å²) in [5, 5.41) is 0. The number of hydrogen-bond acceptors (Lipinski definition) is 3. The molecule has 0 fully saturated rings. The number of nitrogens with two attached hydrogens (primary N) is 1. The van der Waals surface area contributed by atoms with E-state index in [2.05, 4.69) is 69.4 Å². The van der Waals surface area contributed by atoms with Crippen molar-refractivity contribution in [2.24, 2.45) is 5.73 Å². The Morgan fingerprint density at radius 1 is 1.00 bits per heavy atom. The van der Waals surface area contributed by atoms with Gasteiger partial charge in [0.25, 0.3) is 0 Å². The summed E-state index contributed by atoms with van der Waals surface area (Å²) in [5.41, 5.74) is 15.4. The summed E-state index contributed by atoms with van der Waals surface area (Å²) in [6, 6.07) is 4.98. The number of aryl methyl sites for hydroxylation is 3. The minimum atomic E-state index is -0.00724. The van der Waals surface area contributed by atoms with Crippen LogP contribution >= 0.6 is 0 Å². The van der Waals surface area contributed by atoms with E-state index >= 15 is 0 Å². The maximum Gasteiger partial charge on any atom is 0.0917 e. The van der Waals surface area contributed by atoms with Crippen LogP contribution in [0.25, 0.3) is 22.3 Å². The predicted octanol–water partition coefficient (Wildman–Crippen LogP) is 6.05. The van der Waals surface area contributed by atoms with Crippen molar-refractivity contribution >= 4 is 11.0 Å². The van der Waals surface area contributed by atoms with Crippen LogP contribution in [-0.4, -0.2) is 14.5 Å². The van der Waals surface area contributed by atoms with E-state index in [0.717, 1.165) is 48.2 Å². The zero-order chi connectivity index (χ0) is 20.4. The number of aromatic nitrogens is 3. The van der Waals surface area contributed by atoms with Crippen LogP contribution in [0, 0.1) is 13.8 Å². The number of nitrogens with zero attached hydrogens (tertiary/aromatic N) is 3. The molecule has 0 aliphatic rings. The molecule has 3 aromatic rings. The summed E-state index contributed by atoms with van der Waals surface area (Å²) in [6.07, 6.45) is 8.32. The average molecular weight is 379 g/mol. The van der Waals surface area contributed by atoms with Gasteiger partial charge in [0, 0.05) is 30.0 Å². The molecule has 2 N–H and O–H groups in total. The number of hydrogen-bond donors (Lipinski definition) is 1. The van der Waals surface area contributed by atoms with Crippen molar-refractivity contribution in [3.8, 4) is 11.3 Å². The first kappa shape index (κ1) is 20.5. The fourth-order valence-electron chi connectivity index (χ4n) is 4.12. The van der Waals surface area contributed by atoms with Crippen molar-refractivity contribution in [2.75, 3.05) is 0 Å². The molecule has 0 aliphatic carbocycles. The lowest BCUT2D eigenvalue weighted by Gasteiger charge is -2.17. The van der Waals surface area contributed by atoms with E-state index in [4.69, 9.17) is 10.7 Å². The van der Waals surface area contributed by atoms with E-state index in [9.17, 15) is 0 Å².